The topological polar surface area (TPSA) is 121 Å². The third-order valence-corrected chi connectivity index (χ3v) is 11.8. The first-order valence-corrected chi connectivity index (χ1v) is 20.7. The summed E-state index contributed by atoms with van der Waals surface area (Å²) in [4.78, 5) is 39.0. The first-order chi connectivity index (χ1) is 28.5. The van der Waals surface area contributed by atoms with Crippen molar-refractivity contribution in [3.63, 3.8) is 0 Å². The molecule has 0 spiro atoms. The van der Waals surface area contributed by atoms with E-state index in [2.05, 4.69) is 182 Å². The van der Waals surface area contributed by atoms with Crippen molar-refractivity contribution in [2.75, 3.05) is 5.32 Å². The van der Waals surface area contributed by atoms with E-state index in [4.69, 9.17) is 29.9 Å². The summed E-state index contributed by atoms with van der Waals surface area (Å²) in [6.07, 6.45) is 0. The van der Waals surface area contributed by atoms with Gasteiger partial charge in [-0.3, -0.25) is 0 Å². The quantitative estimate of drug-likeness (QED) is 0.159. The maximum absolute atomic E-state index is 5.33. The Balaban J connectivity index is 1.33. The molecule has 0 saturated heterocycles. The number of hydrogen-bond donors (Lipinski definition) is 3. The number of nitrogens with zero attached hydrogens (tertiary/aromatic N) is 6. The molecule has 8 aromatic rings. The van der Waals surface area contributed by atoms with Crippen molar-refractivity contribution in [3.05, 3.63) is 119 Å². The van der Waals surface area contributed by atoms with Gasteiger partial charge in [0.25, 0.3) is 0 Å². The highest BCUT2D eigenvalue weighted by Gasteiger charge is 2.26. The summed E-state index contributed by atoms with van der Waals surface area (Å²) in [6.45, 7) is 22.1. The van der Waals surface area contributed by atoms with Crippen LogP contribution in [0.1, 0.15) is 84.6 Å². The molecule has 8 bridgehead atoms. The summed E-state index contributed by atoms with van der Waals surface area (Å²) in [5, 5.41) is 7.33. The number of aryl methyl sites for hydroxylation is 1. The van der Waals surface area contributed by atoms with Gasteiger partial charge < -0.3 is 15.3 Å². The molecule has 5 aromatic carbocycles. The summed E-state index contributed by atoms with van der Waals surface area (Å²) in [5.41, 5.74) is 12.9. The van der Waals surface area contributed by atoms with Crippen molar-refractivity contribution in [1.29, 1.82) is 0 Å². The number of H-pyrrole nitrogens is 2. The molecular formula is C51H49N9. The van der Waals surface area contributed by atoms with E-state index < -0.39 is 0 Å². The summed E-state index contributed by atoms with van der Waals surface area (Å²) in [5.74, 6) is 2.34. The molecule has 5 heterocycles. The lowest BCUT2D eigenvalue weighted by Crippen LogP contribution is -2.10. The first-order valence-electron chi connectivity index (χ1n) is 20.7. The van der Waals surface area contributed by atoms with Gasteiger partial charge in [-0.15, -0.1) is 0 Å². The maximum atomic E-state index is 5.33. The fourth-order valence-electron chi connectivity index (χ4n) is 8.08. The summed E-state index contributed by atoms with van der Waals surface area (Å²) in [6, 6.07) is 34.3. The van der Waals surface area contributed by atoms with Crippen LogP contribution in [-0.2, 0) is 16.2 Å². The zero-order valence-electron chi connectivity index (χ0n) is 35.9. The van der Waals surface area contributed by atoms with Gasteiger partial charge in [0, 0.05) is 55.2 Å². The van der Waals surface area contributed by atoms with Gasteiger partial charge in [-0.25, -0.2) is 29.9 Å². The third-order valence-electron chi connectivity index (χ3n) is 11.8. The molecule has 9 nitrogen and oxygen atoms in total. The van der Waals surface area contributed by atoms with Crippen LogP contribution < -0.4 is 5.32 Å². The zero-order chi connectivity index (χ0) is 41.9. The Morgan fingerprint density at radius 3 is 1.23 bits per heavy atom. The molecule has 0 fully saturated rings. The molecule has 3 N–H and O–H groups in total. The number of nitrogens with one attached hydrogen (secondary N) is 3. The van der Waals surface area contributed by atoms with Gasteiger partial charge in [-0.1, -0.05) is 116 Å². The van der Waals surface area contributed by atoms with Crippen LogP contribution in [0.15, 0.2) is 97.1 Å². The van der Waals surface area contributed by atoms with Crippen molar-refractivity contribution in [2.45, 2.75) is 85.5 Å². The third kappa shape index (κ3) is 6.49. The Morgan fingerprint density at radius 2 is 0.750 bits per heavy atom. The fraction of sp³-hybridized carbons (Fsp3) is 0.255. The Morgan fingerprint density at radius 1 is 0.367 bits per heavy atom. The van der Waals surface area contributed by atoms with Crippen molar-refractivity contribution in [3.8, 4) is 45.6 Å². The summed E-state index contributed by atoms with van der Waals surface area (Å²) in [7, 11) is 0. The van der Waals surface area contributed by atoms with Gasteiger partial charge in [0.2, 0.25) is 0 Å². The van der Waals surface area contributed by atoms with E-state index in [0.717, 1.165) is 55.2 Å². The lowest BCUT2D eigenvalue weighted by atomic mass is 9.85. The van der Waals surface area contributed by atoms with Crippen LogP contribution in [-0.4, -0.2) is 39.9 Å². The minimum absolute atomic E-state index is 0.0753. The van der Waals surface area contributed by atoms with Gasteiger partial charge in [0.15, 0.2) is 23.3 Å². The van der Waals surface area contributed by atoms with Crippen LogP contribution in [0, 0.1) is 6.92 Å². The lowest BCUT2D eigenvalue weighted by molar-refractivity contribution is 0.590. The molecule has 0 unspecified atom stereocenters. The van der Waals surface area contributed by atoms with E-state index in [0.29, 0.717) is 45.9 Å². The van der Waals surface area contributed by atoms with Gasteiger partial charge in [0.1, 0.15) is 22.6 Å². The number of aromatic amines is 2. The molecule has 0 radical (unpaired) electrons. The van der Waals surface area contributed by atoms with Crippen LogP contribution in [0.3, 0.4) is 0 Å². The van der Waals surface area contributed by atoms with Crippen LogP contribution in [0.4, 0.5) is 11.4 Å². The number of benzene rings is 5. The van der Waals surface area contributed by atoms with E-state index in [1.165, 1.54) is 22.3 Å². The molecule has 0 saturated carbocycles. The number of anilines is 2. The van der Waals surface area contributed by atoms with Gasteiger partial charge in [-0.05, 0) is 88.4 Å². The number of rotatable bonds is 2. The molecule has 9 heteroatoms. The lowest BCUT2D eigenvalue weighted by Gasteiger charge is -2.19. The Bertz CT molecular complexity index is 3220. The second kappa shape index (κ2) is 13.1. The number of aromatic nitrogens is 8. The minimum atomic E-state index is -0.0849. The Kier molecular flexibility index (Phi) is 8.21. The average molecular weight is 788 g/mol. The molecule has 2 aliphatic rings. The Labute approximate surface area is 349 Å². The highest BCUT2D eigenvalue weighted by atomic mass is 15.1. The Hall–Kier alpha value is -6.74. The summed E-state index contributed by atoms with van der Waals surface area (Å²) < 4.78 is 0. The standard InChI is InChI=1S/C51H49N9/c1-27-11-16-31(17-12-27)52-32-18-22-36-40(26-32)48-59-43-35-21-15-30(51(8,9)10)25-39(35)46(57-43)55-41-33-19-13-28(49(2,3)4)23-37(33)45(53-41)54-42-34-20-14-29(50(5,6)7)24-38(34)47(56-42)58-44(36)60-48/h11-26,52H,1-10H3,(H2,53,54,55,56,57,58,59,60). The fourth-order valence-corrected chi connectivity index (χ4v) is 8.08. The minimum Gasteiger partial charge on any atom is -0.356 e. The second-order valence-electron chi connectivity index (χ2n) is 19.4. The van der Waals surface area contributed by atoms with Crippen LogP contribution in [0.25, 0.3) is 89.7 Å². The van der Waals surface area contributed by atoms with Crippen molar-refractivity contribution >= 4 is 55.5 Å². The molecule has 10 rings (SSSR count). The summed E-state index contributed by atoms with van der Waals surface area (Å²) >= 11 is 0. The second-order valence-corrected chi connectivity index (χ2v) is 19.4. The predicted octanol–water partition coefficient (Wildman–Crippen LogP) is 12.8. The molecular weight excluding hydrogens is 739 g/mol. The zero-order valence-corrected chi connectivity index (χ0v) is 35.9. The highest BCUT2D eigenvalue weighted by Crippen LogP contribution is 2.41. The van der Waals surface area contributed by atoms with E-state index in [1.54, 1.807) is 0 Å². The SMILES string of the molecule is Cc1ccc(Nc2ccc3c4nc5nc(nc6[nH]c(nc7nc(nc([nH]4)c3c2)-c2ccc(C(C)(C)C)cc2-7)c2ccc(C(C)(C)C)cc62)-c2ccc(C(C)(C)C)cc2-5)cc1. The smallest absolute Gasteiger partial charge is 0.164 e. The molecule has 3 aromatic heterocycles. The monoisotopic (exact) mass is 787 g/mol. The molecule has 298 valence electrons. The number of hydrogen-bond acceptors (Lipinski definition) is 7. The van der Waals surface area contributed by atoms with Crippen LogP contribution >= 0.6 is 0 Å². The van der Waals surface area contributed by atoms with Crippen molar-refractivity contribution in [1.82, 2.24) is 39.9 Å². The van der Waals surface area contributed by atoms with E-state index >= 15 is 0 Å². The van der Waals surface area contributed by atoms with Gasteiger partial charge >= 0.3 is 0 Å². The predicted molar refractivity (Wildman–Crippen MR) is 247 cm³/mol. The van der Waals surface area contributed by atoms with E-state index in [-0.39, 0.29) is 16.2 Å². The van der Waals surface area contributed by atoms with Gasteiger partial charge in [0.05, 0.1) is 0 Å². The average Bonchev–Trinajstić information content (AvgIpc) is 3.92. The molecule has 60 heavy (non-hydrogen) atoms. The molecule has 2 aliphatic heterocycles. The van der Waals surface area contributed by atoms with Crippen LogP contribution in [0.2, 0.25) is 0 Å². The molecule has 0 amide bonds. The van der Waals surface area contributed by atoms with E-state index in [1.807, 2.05) is 0 Å². The van der Waals surface area contributed by atoms with Crippen molar-refractivity contribution in [2.24, 2.45) is 0 Å². The largest absolute Gasteiger partial charge is 0.356 e. The van der Waals surface area contributed by atoms with Crippen LogP contribution in [0.5, 0.6) is 0 Å². The van der Waals surface area contributed by atoms with E-state index in [9.17, 15) is 0 Å². The molecule has 0 atom stereocenters. The normalized spacial score (nSPS) is 12.8. The van der Waals surface area contributed by atoms with Crippen molar-refractivity contribution < 1.29 is 0 Å². The van der Waals surface area contributed by atoms with Gasteiger partial charge in [-0.2, -0.15) is 0 Å². The molecule has 0 aliphatic carbocycles. The first kappa shape index (κ1) is 37.5. The highest BCUT2D eigenvalue weighted by molar-refractivity contribution is 6.07. The maximum Gasteiger partial charge on any atom is 0.164 e. The number of fused-ring (bicyclic) bond motifs is 20.